The zero-order valence-electron chi connectivity index (χ0n) is 12.4. The lowest BCUT2D eigenvalue weighted by atomic mass is 9.93. The number of anilines is 1. The fraction of sp³-hybridized carbons (Fsp3) is 0.400. The number of carbonyl (C=O) groups excluding carboxylic acids is 1. The summed E-state index contributed by atoms with van der Waals surface area (Å²) in [4.78, 5) is 16.6. The Labute approximate surface area is 142 Å². The summed E-state index contributed by atoms with van der Waals surface area (Å²) < 4.78 is 2.33. The number of nitrogens with zero attached hydrogens (tertiary/aromatic N) is 3. The number of amides is 2. The average molecular weight is 380 g/mol. The molecule has 7 nitrogen and oxygen atoms in total. The molecule has 1 saturated carbocycles. The Morgan fingerprint density at radius 2 is 2.22 bits per heavy atom. The molecule has 122 valence electrons. The number of aliphatic hydroxyl groups excluding tert-OH is 1. The average Bonchev–Trinajstić information content (AvgIpc) is 3.04. The Kier molecular flexibility index (Phi) is 4.92. The van der Waals surface area contributed by atoms with Crippen LogP contribution in [0.1, 0.15) is 25.7 Å². The highest BCUT2D eigenvalue weighted by Gasteiger charge is 2.24. The van der Waals surface area contributed by atoms with E-state index in [9.17, 15) is 9.90 Å². The summed E-state index contributed by atoms with van der Waals surface area (Å²) >= 11 is 3.35. The van der Waals surface area contributed by atoms with Crippen LogP contribution in [0.2, 0.25) is 0 Å². The van der Waals surface area contributed by atoms with Crippen molar-refractivity contribution in [3.05, 3.63) is 35.2 Å². The number of pyridine rings is 1. The summed E-state index contributed by atoms with van der Waals surface area (Å²) in [5, 5.41) is 19.7. The number of carbonyl (C=O) groups is 1. The highest BCUT2D eigenvalue weighted by atomic mass is 79.9. The molecule has 1 fully saturated rings. The molecular weight excluding hydrogens is 362 g/mol. The molecule has 3 N–H and O–H groups in total. The molecule has 0 unspecified atom stereocenters. The smallest absolute Gasteiger partial charge is 0.319 e. The molecule has 1 aliphatic rings. The lowest BCUT2D eigenvalue weighted by Gasteiger charge is -2.28. The van der Waals surface area contributed by atoms with Gasteiger partial charge < -0.3 is 15.7 Å². The molecular formula is C15H18BrN5O2. The van der Waals surface area contributed by atoms with Crippen LogP contribution in [0.25, 0.3) is 5.82 Å². The molecule has 0 spiro atoms. The van der Waals surface area contributed by atoms with Gasteiger partial charge in [-0.3, -0.25) is 0 Å². The van der Waals surface area contributed by atoms with Gasteiger partial charge in [0.1, 0.15) is 0 Å². The summed E-state index contributed by atoms with van der Waals surface area (Å²) in [6, 6.07) is 2.98. The van der Waals surface area contributed by atoms with Gasteiger partial charge >= 0.3 is 6.03 Å². The van der Waals surface area contributed by atoms with Gasteiger partial charge in [-0.2, -0.15) is 5.10 Å². The summed E-state index contributed by atoms with van der Waals surface area (Å²) in [5.74, 6) is 0.526. The van der Waals surface area contributed by atoms with Crippen molar-refractivity contribution >= 4 is 27.6 Å². The van der Waals surface area contributed by atoms with E-state index in [2.05, 4.69) is 36.6 Å². The van der Waals surface area contributed by atoms with Crippen LogP contribution >= 0.6 is 15.9 Å². The topological polar surface area (TPSA) is 92.1 Å². The van der Waals surface area contributed by atoms with E-state index < -0.39 is 6.10 Å². The van der Waals surface area contributed by atoms with Crippen molar-refractivity contribution in [3.63, 3.8) is 0 Å². The van der Waals surface area contributed by atoms with Crippen LogP contribution in [0.3, 0.4) is 0 Å². The van der Waals surface area contributed by atoms with Crippen molar-refractivity contribution in [2.45, 2.75) is 37.8 Å². The third-order valence-electron chi connectivity index (χ3n) is 3.85. The minimum absolute atomic E-state index is 0.211. The Morgan fingerprint density at radius 1 is 1.39 bits per heavy atom. The first-order valence-corrected chi connectivity index (χ1v) is 8.34. The first kappa shape index (κ1) is 15.9. The molecule has 1 aliphatic carbocycles. The van der Waals surface area contributed by atoms with E-state index in [1.165, 1.54) is 0 Å². The minimum Gasteiger partial charge on any atom is -0.391 e. The van der Waals surface area contributed by atoms with Crippen molar-refractivity contribution < 1.29 is 9.90 Å². The Bertz CT molecular complexity index is 677. The molecule has 0 saturated heterocycles. The van der Waals surface area contributed by atoms with Gasteiger partial charge in [0.25, 0.3) is 0 Å². The third-order valence-corrected chi connectivity index (χ3v) is 4.28. The monoisotopic (exact) mass is 379 g/mol. The van der Waals surface area contributed by atoms with Gasteiger partial charge in [-0.25, -0.2) is 14.5 Å². The van der Waals surface area contributed by atoms with Crippen molar-refractivity contribution in [2.75, 3.05) is 5.32 Å². The number of nitrogens with one attached hydrogen (secondary N) is 2. The molecule has 2 aromatic heterocycles. The normalized spacial score (nSPS) is 21.0. The minimum atomic E-state index is -0.485. The van der Waals surface area contributed by atoms with Crippen LogP contribution in [-0.4, -0.2) is 38.0 Å². The SMILES string of the molecule is O=C(Nc1cc(Br)cnc1-n1cccn1)N[C@H]1CCCC[C@H]1O. The van der Waals surface area contributed by atoms with E-state index in [1.54, 1.807) is 35.4 Å². The number of urea groups is 1. The maximum Gasteiger partial charge on any atom is 0.319 e. The quantitative estimate of drug-likeness (QED) is 0.763. The summed E-state index contributed by atoms with van der Waals surface area (Å²) in [5.41, 5.74) is 0.533. The van der Waals surface area contributed by atoms with Crippen LogP contribution in [-0.2, 0) is 0 Å². The number of aromatic nitrogens is 3. The Morgan fingerprint density at radius 3 is 2.96 bits per heavy atom. The van der Waals surface area contributed by atoms with Gasteiger partial charge in [0, 0.05) is 23.1 Å². The van der Waals surface area contributed by atoms with Crippen LogP contribution in [0.4, 0.5) is 10.5 Å². The Hall–Kier alpha value is -1.93. The van der Waals surface area contributed by atoms with Crippen LogP contribution in [0, 0.1) is 0 Å². The number of hydrogen-bond acceptors (Lipinski definition) is 4. The zero-order chi connectivity index (χ0) is 16.2. The van der Waals surface area contributed by atoms with Gasteiger partial charge in [0.2, 0.25) is 0 Å². The fourth-order valence-electron chi connectivity index (χ4n) is 2.71. The number of aliphatic hydroxyl groups is 1. The summed E-state index contributed by atoms with van der Waals surface area (Å²) in [6.07, 6.45) is 8.08. The highest BCUT2D eigenvalue weighted by molar-refractivity contribution is 9.10. The standard InChI is InChI=1S/C15H18BrN5O2/c16-10-8-12(14(17-9-10)21-7-3-6-18-21)20-15(23)19-11-4-1-2-5-13(11)22/h3,6-9,11,13,22H,1-2,4-5H2,(H2,19,20,23)/t11-,13+/m0/s1. The number of halogens is 1. The molecule has 0 radical (unpaired) electrons. The van der Waals surface area contributed by atoms with Crippen LogP contribution in [0.5, 0.6) is 0 Å². The van der Waals surface area contributed by atoms with E-state index in [-0.39, 0.29) is 12.1 Å². The zero-order valence-corrected chi connectivity index (χ0v) is 14.0. The fourth-order valence-corrected chi connectivity index (χ4v) is 3.04. The van der Waals surface area contributed by atoms with E-state index in [0.717, 1.165) is 30.2 Å². The van der Waals surface area contributed by atoms with Crippen LogP contribution < -0.4 is 10.6 Å². The molecule has 0 aliphatic heterocycles. The lowest BCUT2D eigenvalue weighted by molar-refractivity contribution is 0.0955. The second kappa shape index (κ2) is 7.10. The highest BCUT2D eigenvalue weighted by Crippen LogP contribution is 2.22. The summed E-state index contributed by atoms with van der Waals surface area (Å²) in [6.45, 7) is 0. The predicted octanol–water partition coefficient (Wildman–Crippen LogP) is 2.45. The van der Waals surface area contributed by atoms with Gasteiger partial charge in [-0.15, -0.1) is 0 Å². The van der Waals surface area contributed by atoms with Crippen molar-refractivity contribution in [1.29, 1.82) is 0 Å². The van der Waals surface area contributed by atoms with Crippen molar-refractivity contribution in [1.82, 2.24) is 20.1 Å². The van der Waals surface area contributed by atoms with E-state index in [1.807, 2.05) is 0 Å². The summed E-state index contributed by atoms with van der Waals surface area (Å²) in [7, 11) is 0. The number of rotatable bonds is 3. The van der Waals surface area contributed by atoms with Gasteiger partial charge in [-0.05, 0) is 40.9 Å². The second-order valence-corrected chi connectivity index (χ2v) is 6.45. The van der Waals surface area contributed by atoms with Gasteiger partial charge in [0.05, 0.1) is 17.8 Å². The van der Waals surface area contributed by atoms with E-state index >= 15 is 0 Å². The molecule has 2 atom stereocenters. The maximum atomic E-state index is 12.3. The Balaban J connectivity index is 1.74. The third kappa shape index (κ3) is 3.89. The van der Waals surface area contributed by atoms with Crippen molar-refractivity contribution in [2.24, 2.45) is 0 Å². The molecule has 8 heteroatoms. The lowest BCUT2D eigenvalue weighted by Crippen LogP contribution is -2.46. The molecule has 0 bridgehead atoms. The second-order valence-electron chi connectivity index (χ2n) is 5.53. The molecule has 23 heavy (non-hydrogen) atoms. The van der Waals surface area contributed by atoms with Gasteiger partial charge in [0.15, 0.2) is 5.82 Å². The largest absolute Gasteiger partial charge is 0.391 e. The maximum absolute atomic E-state index is 12.3. The van der Waals surface area contributed by atoms with Crippen LogP contribution in [0.15, 0.2) is 35.2 Å². The first-order valence-electron chi connectivity index (χ1n) is 7.54. The molecule has 3 rings (SSSR count). The van der Waals surface area contributed by atoms with Crippen molar-refractivity contribution in [3.8, 4) is 5.82 Å². The molecule has 2 amide bonds. The van der Waals surface area contributed by atoms with E-state index in [0.29, 0.717) is 11.5 Å². The predicted molar refractivity (Wildman–Crippen MR) is 89.5 cm³/mol. The number of hydrogen-bond donors (Lipinski definition) is 3. The molecule has 2 aromatic rings. The molecule has 0 aromatic carbocycles. The van der Waals surface area contributed by atoms with E-state index in [4.69, 9.17) is 0 Å². The first-order chi connectivity index (χ1) is 11.1. The van der Waals surface area contributed by atoms with Gasteiger partial charge in [-0.1, -0.05) is 12.8 Å². The molecule has 2 heterocycles.